The van der Waals surface area contributed by atoms with Crippen LogP contribution in [0.2, 0.25) is 0 Å². The molecule has 8 heteroatoms. The smallest absolute Gasteiger partial charge is 0.232 e. The van der Waals surface area contributed by atoms with Crippen LogP contribution in [-0.4, -0.2) is 34.9 Å². The lowest BCUT2D eigenvalue weighted by molar-refractivity contribution is -0.0941. The zero-order valence-electron chi connectivity index (χ0n) is 9.54. The van der Waals surface area contributed by atoms with Gasteiger partial charge in [-0.25, -0.2) is 4.98 Å². The van der Waals surface area contributed by atoms with Gasteiger partial charge in [0.1, 0.15) is 6.10 Å². The summed E-state index contributed by atoms with van der Waals surface area (Å²) in [7, 11) is 0. The second-order valence-electron chi connectivity index (χ2n) is 3.83. The van der Waals surface area contributed by atoms with Crippen LogP contribution in [0.1, 0.15) is 23.5 Å². The predicted molar refractivity (Wildman–Crippen MR) is 63.1 cm³/mol. The second-order valence-corrected chi connectivity index (χ2v) is 4.72. The van der Waals surface area contributed by atoms with Crippen LogP contribution in [0.4, 0.5) is 5.13 Å². The maximum atomic E-state index is 5.56. The SMILES string of the molecule is Nc1nc(Cc2nc(C3COCCO3)no2)cs1. The van der Waals surface area contributed by atoms with E-state index in [4.69, 9.17) is 19.7 Å². The Balaban J connectivity index is 1.69. The average molecular weight is 268 g/mol. The van der Waals surface area contributed by atoms with Crippen molar-refractivity contribution in [1.29, 1.82) is 0 Å². The van der Waals surface area contributed by atoms with Crippen LogP contribution in [0.25, 0.3) is 0 Å². The second kappa shape index (κ2) is 5.01. The fourth-order valence-electron chi connectivity index (χ4n) is 1.67. The number of hydrogen-bond donors (Lipinski definition) is 1. The quantitative estimate of drug-likeness (QED) is 0.878. The van der Waals surface area contributed by atoms with Gasteiger partial charge in [-0.2, -0.15) is 4.98 Å². The van der Waals surface area contributed by atoms with Gasteiger partial charge in [-0.15, -0.1) is 11.3 Å². The van der Waals surface area contributed by atoms with Crippen LogP contribution in [0, 0.1) is 0 Å². The maximum absolute atomic E-state index is 5.56. The van der Waals surface area contributed by atoms with Gasteiger partial charge in [0.05, 0.1) is 31.9 Å². The number of nitrogens with two attached hydrogens (primary N) is 1. The molecule has 18 heavy (non-hydrogen) atoms. The number of aromatic nitrogens is 3. The lowest BCUT2D eigenvalue weighted by Gasteiger charge is -2.19. The minimum atomic E-state index is -0.239. The van der Waals surface area contributed by atoms with Gasteiger partial charge >= 0.3 is 0 Å². The molecule has 0 radical (unpaired) electrons. The monoisotopic (exact) mass is 268 g/mol. The topological polar surface area (TPSA) is 96.3 Å². The Bertz CT molecular complexity index is 521. The third-order valence-electron chi connectivity index (χ3n) is 2.49. The molecule has 1 unspecified atom stereocenters. The third kappa shape index (κ3) is 2.50. The zero-order valence-corrected chi connectivity index (χ0v) is 10.4. The van der Waals surface area contributed by atoms with Crippen molar-refractivity contribution in [2.24, 2.45) is 0 Å². The van der Waals surface area contributed by atoms with E-state index in [9.17, 15) is 0 Å². The molecule has 96 valence electrons. The Morgan fingerprint density at radius 3 is 3.06 bits per heavy atom. The summed E-state index contributed by atoms with van der Waals surface area (Å²) in [5.41, 5.74) is 6.39. The van der Waals surface area contributed by atoms with Crippen molar-refractivity contribution in [3.05, 3.63) is 22.8 Å². The maximum Gasteiger partial charge on any atom is 0.232 e. The minimum Gasteiger partial charge on any atom is -0.376 e. The van der Waals surface area contributed by atoms with Crippen molar-refractivity contribution < 1.29 is 14.0 Å². The summed E-state index contributed by atoms with van der Waals surface area (Å²) in [6, 6.07) is 0. The highest BCUT2D eigenvalue weighted by Gasteiger charge is 2.22. The molecule has 2 N–H and O–H groups in total. The first-order valence-corrected chi connectivity index (χ1v) is 6.41. The van der Waals surface area contributed by atoms with Gasteiger partial charge in [0, 0.05) is 5.38 Å². The zero-order chi connectivity index (χ0) is 12.4. The highest BCUT2D eigenvalue weighted by atomic mass is 32.1. The number of hydrogen-bond acceptors (Lipinski definition) is 8. The van der Waals surface area contributed by atoms with Gasteiger partial charge in [0.25, 0.3) is 0 Å². The number of anilines is 1. The number of ether oxygens (including phenoxy) is 2. The minimum absolute atomic E-state index is 0.239. The van der Waals surface area contributed by atoms with Gasteiger partial charge < -0.3 is 19.7 Å². The van der Waals surface area contributed by atoms with Crippen molar-refractivity contribution in [3.8, 4) is 0 Å². The molecular weight excluding hydrogens is 256 g/mol. The molecule has 3 heterocycles. The average Bonchev–Trinajstić information content (AvgIpc) is 3.01. The van der Waals surface area contributed by atoms with Crippen LogP contribution >= 0.6 is 11.3 Å². The summed E-state index contributed by atoms with van der Waals surface area (Å²) in [6.45, 7) is 1.62. The molecule has 2 aromatic heterocycles. The molecule has 0 aromatic carbocycles. The van der Waals surface area contributed by atoms with E-state index in [2.05, 4.69) is 15.1 Å². The Morgan fingerprint density at radius 2 is 2.33 bits per heavy atom. The van der Waals surface area contributed by atoms with E-state index in [1.165, 1.54) is 11.3 Å². The highest BCUT2D eigenvalue weighted by Crippen LogP contribution is 2.19. The largest absolute Gasteiger partial charge is 0.376 e. The molecule has 1 saturated heterocycles. The summed E-state index contributed by atoms with van der Waals surface area (Å²) in [5, 5.41) is 6.31. The highest BCUT2D eigenvalue weighted by molar-refractivity contribution is 7.13. The Labute approximate surface area is 107 Å². The van der Waals surface area contributed by atoms with Crippen LogP contribution in [0.15, 0.2) is 9.90 Å². The van der Waals surface area contributed by atoms with Gasteiger partial charge in [-0.3, -0.25) is 0 Å². The number of thiazole rings is 1. The lowest BCUT2D eigenvalue weighted by atomic mass is 10.3. The van der Waals surface area contributed by atoms with Gasteiger partial charge in [-0.05, 0) is 0 Å². The molecule has 2 aromatic rings. The molecule has 1 aliphatic rings. The molecule has 0 aliphatic carbocycles. The van der Waals surface area contributed by atoms with Crippen molar-refractivity contribution in [2.75, 3.05) is 25.6 Å². The normalized spacial score (nSPS) is 20.1. The van der Waals surface area contributed by atoms with Crippen molar-refractivity contribution >= 4 is 16.5 Å². The standard InChI is InChI=1S/C10H12N4O3S/c11-10-12-6(5-18-10)3-8-13-9(14-17-8)7-4-15-1-2-16-7/h5,7H,1-4H2,(H2,11,12). The summed E-state index contributed by atoms with van der Waals surface area (Å²) in [6.07, 6.45) is 0.241. The van der Waals surface area contributed by atoms with E-state index in [0.717, 1.165) is 5.69 Å². The van der Waals surface area contributed by atoms with Crippen molar-refractivity contribution in [1.82, 2.24) is 15.1 Å². The lowest BCUT2D eigenvalue weighted by Crippen LogP contribution is -2.22. The van der Waals surface area contributed by atoms with Crippen LogP contribution < -0.4 is 5.73 Å². The first-order valence-electron chi connectivity index (χ1n) is 5.53. The summed E-state index contributed by atoms with van der Waals surface area (Å²) >= 11 is 1.39. The van der Waals surface area contributed by atoms with E-state index >= 15 is 0 Å². The number of nitrogen functional groups attached to an aromatic ring is 1. The fraction of sp³-hybridized carbons (Fsp3) is 0.500. The van der Waals surface area contributed by atoms with E-state index in [1.807, 2.05) is 5.38 Å². The Hall–Kier alpha value is -1.51. The van der Waals surface area contributed by atoms with Crippen LogP contribution in [0.5, 0.6) is 0 Å². The first kappa shape index (κ1) is 11.6. The van der Waals surface area contributed by atoms with Gasteiger partial charge in [0.2, 0.25) is 11.7 Å². The molecule has 3 rings (SSSR count). The first-order chi connectivity index (χ1) is 8.81. The Kier molecular flexibility index (Phi) is 3.22. The molecule has 1 fully saturated rings. The molecule has 0 amide bonds. The summed E-state index contributed by atoms with van der Waals surface area (Å²) in [4.78, 5) is 8.42. The molecular formula is C10H12N4O3S. The molecule has 0 saturated carbocycles. The van der Waals surface area contributed by atoms with E-state index in [-0.39, 0.29) is 6.10 Å². The van der Waals surface area contributed by atoms with Crippen LogP contribution in [0.3, 0.4) is 0 Å². The predicted octanol–water partition coefficient (Wildman–Crippen LogP) is 0.787. The number of nitrogens with zero attached hydrogens (tertiary/aromatic N) is 3. The molecule has 0 spiro atoms. The Morgan fingerprint density at radius 1 is 1.39 bits per heavy atom. The van der Waals surface area contributed by atoms with E-state index in [1.54, 1.807) is 0 Å². The number of rotatable bonds is 3. The molecule has 0 bridgehead atoms. The molecule has 1 atom stereocenters. The summed E-state index contributed by atoms with van der Waals surface area (Å²) < 4.78 is 15.9. The van der Waals surface area contributed by atoms with Crippen LogP contribution in [-0.2, 0) is 15.9 Å². The van der Waals surface area contributed by atoms with Gasteiger partial charge in [-0.1, -0.05) is 5.16 Å². The van der Waals surface area contributed by atoms with Gasteiger partial charge in [0.15, 0.2) is 5.13 Å². The fourth-order valence-corrected chi connectivity index (χ4v) is 2.23. The van der Waals surface area contributed by atoms with E-state index < -0.39 is 0 Å². The third-order valence-corrected chi connectivity index (χ3v) is 3.21. The molecule has 7 nitrogen and oxygen atoms in total. The van der Waals surface area contributed by atoms with Crippen molar-refractivity contribution in [2.45, 2.75) is 12.5 Å². The van der Waals surface area contributed by atoms with E-state index in [0.29, 0.717) is 43.1 Å². The molecule has 1 aliphatic heterocycles. The summed E-state index contributed by atoms with van der Waals surface area (Å²) in [5.74, 6) is 1.03. The van der Waals surface area contributed by atoms with Crippen molar-refractivity contribution in [3.63, 3.8) is 0 Å².